The van der Waals surface area contributed by atoms with Crippen molar-refractivity contribution in [2.75, 3.05) is 7.05 Å². The molecule has 4 heteroatoms. The Morgan fingerprint density at radius 2 is 2.00 bits per heavy atom. The van der Waals surface area contributed by atoms with E-state index in [9.17, 15) is 4.79 Å². The van der Waals surface area contributed by atoms with Gasteiger partial charge in [-0.15, -0.1) is 0 Å². The Kier molecular flexibility index (Phi) is 4.93. The number of allylic oxidation sites excluding steroid dienone is 1. The van der Waals surface area contributed by atoms with Crippen LogP contribution in [-0.2, 0) is 11.3 Å². The lowest BCUT2D eigenvalue weighted by molar-refractivity contribution is -0.113. The van der Waals surface area contributed by atoms with E-state index in [0.717, 1.165) is 23.4 Å². The standard InChI is InChI=1S/C17H21N3O/c1-4-16(13(2)21)17(18-3)15-10-19-20(12-15)11-14-8-6-5-7-9-14/h5-10,12,18H,4,11H2,1-3H3/b17-16-. The van der Waals surface area contributed by atoms with Crippen LogP contribution in [0.15, 0.2) is 48.3 Å². The minimum absolute atomic E-state index is 0.0951. The van der Waals surface area contributed by atoms with E-state index in [1.807, 2.05) is 43.0 Å². The van der Waals surface area contributed by atoms with E-state index in [2.05, 4.69) is 22.5 Å². The minimum Gasteiger partial charge on any atom is -0.387 e. The monoisotopic (exact) mass is 283 g/mol. The number of rotatable bonds is 6. The molecule has 2 rings (SSSR count). The highest BCUT2D eigenvalue weighted by Gasteiger charge is 2.12. The number of ketones is 1. The summed E-state index contributed by atoms with van der Waals surface area (Å²) in [5.74, 6) is 0.0951. The molecule has 0 fully saturated rings. The molecule has 0 atom stereocenters. The third kappa shape index (κ3) is 3.60. The number of Topliss-reactive ketones (excluding diaryl/α,β-unsaturated/α-hetero) is 1. The van der Waals surface area contributed by atoms with Crippen LogP contribution in [0.1, 0.15) is 31.4 Å². The molecule has 0 aliphatic carbocycles. The van der Waals surface area contributed by atoms with Crippen LogP contribution in [0, 0.1) is 0 Å². The highest BCUT2D eigenvalue weighted by Crippen LogP contribution is 2.18. The van der Waals surface area contributed by atoms with Gasteiger partial charge in [0, 0.05) is 24.4 Å². The number of nitrogens with one attached hydrogen (secondary N) is 1. The lowest BCUT2D eigenvalue weighted by Gasteiger charge is -2.10. The van der Waals surface area contributed by atoms with Gasteiger partial charge in [0.25, 0.3) is 0 Å². The maximum Gasteiger partial charge on any atom is 0.157 e. The number of aromatic nitrogens is 2. The fourth-order valence-electron chi connectivity index (χ4n) is 2.42. The zero-order chi connectivity index (χ0) is 15.2. The van der Waals surface area contributed by atoms with Crippen molar-refractivity contribution in [3.8, 4) is 0 Å². The van der Waals surface area contributed by atoms with E-state index in [0.29, 0.717) is 6.42 Å². The topological polar surface area (TPSA) is 46.9 Å². The summed E-state index contributed by atoms with van der Waals surface area (Å²) in [5.41, 5.74) is 3.81. The van der Waals surface area contributed by atoms with Crippen LogP contribution in [0.2, 0.25) is 0 Å². The molecule has 0 unspecified atom stereocenters. The number of carbonyl (C=O) groups excluding carboxylic acids is 1. The van der Waals surface area contributed by atoms with Crippen molar-refractivity contribution in [3.63, 3.8) is 0 Å². The van der Waals surface area contributed by atoms with Gasteiger partial charge in [-0.3, -0.25) is 9.48 Å². The fourth-order valence-corrected chi connectivity index (χ4v) is 2.42. The van der Waals surface area contributed by atoms with Gasteiger partial charge in [-0.05, 0) is 18.9 Å². The number of hydrogen-bond acceptors (Lipinski definition) is 3. The second-order valence-corrected chi connectivity index (χ2v) is 4.93. The predicted molar refractivity (Wildman–Crippen MR) is 84.7 cm³/mol. The second-order valence-electron chi connectivity index (χ2n) is 4.93. The molecule has 0 amide bonds. The second kappa shape index (κ2) is 6.88. The third-order valence-electron chi connectivity index (χ3n) is 3.44. The molecule has 0 aliphatic rings. The number of hydrogen-bond donors (Lipinski definition) is 1. The summed E-state index contributed by atoms with van der Waals surface area (Å²) < 4.78 is 1.88. The molecule has 1 heterocycles. The number of carbonyl (C=O) groups is 1. The van der Waals surface area contributed by atoms with Crippen molar-refractivity contribution in [2.45, 2.75) is 26.8 Å². The van der Waals surface area contributed by atoms with Crippen molar-refractivity contribution >= 4 is 11.5 Å². The fraction of sp³-hybridized carbons (Fsp3) is 0.294. The van der Waals surface area contributed by atoms with E-state index in [1.54, 1.807) is 13.1 Å². The van der Waals surface area contributed by atoms with E-state index in [1.165, 1.54) is 5.56 Å². The maximum absolute atomic E-state index is 11.7. The van der Waals surface area contributed by atoms with Gasteiger partial charge in [-0.2, -0.15) is 5.10 Å². The molecule has 0 spiro atoms. The molecule has 2 aromatic rings. The van der Waals surface area contributed by atoms with E-state index in [-0.39, 0.29) is 5.78 Å². The first-order valence-electron chi connectivity index (χ1n) is 7.14. The molecule has 0 radical (unpaired) electrons. The average Bonchev–Trinajstić information content (AvgIpc) is 2.93. The van der Waals surface area contributed by atoms with E-state index in [4.69, 9.17) is 0 Å². The van der Waals surface area contributed by atoms with Gasteiger partial charge >= 0.3 is 0 Å². The summed E-state index contributed by atoms with van der Waals surface area (Å²) >= 11 is 0. The Labute approximate surface area is 125 Å². The lowest BCUT2D eigenvalue weighted by atomic mass is 10.0. The molecule has 1 aromatic carbocycles. The smallest absolute Gasteiger partial charge is 0.157 e. The molecule has 0 bridgehead atoms. The van der Waals surface area contributed by atoms with Gasteiger partial charge in [-0.25, -0.2) is 0 Å². The predicted octanol–water partition coefficient (Wildman–Crippen LogP) is 2.86. The zero-order valence-corrected chi connectivity index (χ0v) is 12.8. The summed E-state index contributed by atoms with van der Waals surface area (Å²) in [5, 5.41) is 7.52. The van der Waals surface area contributed by atoms with Crippen molar-refractivity contribution < 1.29 is 4.79 Å². The molecule has 4 nitrogen and oxygen atoms in total. The highest BCUT2D eigenvalue weighted by atomic mass is 16.1. The van der Waals surface area contributed by atoms with Crippen molar-refractivity contribution in [1.29, 1.82) is 0 Å². The molecule has 1 aromatic heterocycles. The average molecular weight is 283 g/mol. The molecular formula is C17H21N3O. The molecule has 0 aliphatic heterocycles. The molecular weight excluding hydrogens is 262 g/mol. The molecule has 0 saturated heterocycles. The number of benzene rings is 1. The first-order chi connectivity index (χ1) is 10.2. The lowest BCUT2D eigenvalue weighted by Crippen LogP contribution is -2.11. The normalized spacial score (nSPS) is 12.0. The minimum atomic E-state index is 0.0951. The van der Waals surface area contributed by atoms with Crippen LogP contribution in [0.5, 0.6) is 0 Å². The van der Waals surface area contributed by atoms with Gasteiger partial charge in [-0.1, -0.05) is 37.3 Å². The molecule has 0 saturated carbocycles. The summed E-state index contributed by atoms with van der Waals surface area (Å²) in [4.78, 5) is 11.7. The van der Waals surface area contributed by atoms with Crippen molar-refractivity contribution in [2.24, 2.45) is 0 Å². The van der Waals surface area contributed by atoms with Crippen LogP contribution in [0.25, 0.3) is 5.70 Å². The van der Waals surface area contributed by atoms with E-state index >= 15 is 0 Å². The van der Waals surface area contributed by atoms with Gasteiger partial charge in [0.15, 0.2) is 5.78 Å². The van der Waals surface area contributed by atoms with Crippen molar-refractivity contribution in [1.82, 2.24) is 15.1 Å². The van der Waals surface area contributed by atoms with Crippen LogP contribution in [-0.4, -0.2) is 22.6 Å². The van der Waals surface area contributed by atoms with Gasteiger partial charge in [0.1, 0.15) is 0 Å². The molecule has 1 N–H and O–H groups in total. The van der Waals surface area contributed by atoms with Crippen molar-refractivity contribution in [3.05, 3.63) is 59.4 Å². The van der Waals surface area contributed by atoms with Crippen LogP contribution < -0.4 is 5.32 Å². The SMILES string of the molecule is CC/C(C(C)=O)=C(/NC)c1cnn(Cc2ccccc2)c1. The third-order valence-corrected chi connectivity index (χ3v) is 3.44. The Balaban J connectivity index is 2.28. The molecule has 110 valence electrons. The van der Waals surface area contributed by atoms with Crippen LogP contribution in [0.3, 0.4) is 0 Å². The van der Waals surface area contributed by atoms with Crippen LogP contribution >= 0.6 is 0 Å². The zero-order valence-electron chi connectivity index (χ0n) is 12.8. The number of nitrogens with zero attached hydrogens (tertiary/aromatic N) is 2. The largest absolute Gasteiger partial charge is 0.387 e. The maximum atomic E-state index is 11.7. The van der Waals surface area contributed by atoms with Gasteiger partial charge < -0.3 is 5.32 Å². The summed E-state index contributed by atoms with van der Waals surface area (Å²) in [6.07, 6.45) is 4.47. The van der Waals surface area contributed by atoms with E-state index < -0.39 is 0 Å². The Bertz CT molecular complexity index is 641. The van der Waals surface area contributed by atoms with Gasteiger partial charge in [0.2, 0.25) is 0 Å². The Morgan fingerprint density at radius 3 is 2.57 bits per heavy atom. The summed E-state index contributed by atoms with van der Waals surface area (Å²) in [6, 6.07) is 10.2. The quantitative estimate of drug-likeness (QED) is 0.829. The van der Waals surface area contributed by atoms with Gasteiger partial charge in [0.05, 0.1) is 18.4 Å². The molecule has 21 heavy (non-hydrogen) atoms. The Hall–Kier alpha value is -2.36. The Morgan fingerprint density at radius 1 is 1.29 bits per heavy atom. The van der Waals surface area contributed by atoms with Crippen LogP contribution in [0.4, 0.5) is 0 Å². The summed E-state index contributed by atoms with van der Waals surface area (Å²) in [7, 11) is 1.84. The first-order valence-corrected chi connectivity index (χ1v) is 7.14. The summed E-state index contributed by atoms with van der Waals surface area (Å²) in [6.45, 7) is 4.31. The first kappa shape index (κ1) is 15.0. The highest BCUT2D eigenvalue weighted by molar-refractivity contribution is 6.00.